The molecule has 4 heterocycles. The van der Waals surface area contributed by atoms with E-state index in [1.165, 1.54) is 82.7 Å². The van der Waals surface area contributed by atoms with Crippen LogP contribution in [0.1, 0.15) is 136 Å². The summed E-state index contributed by atoms with van der Waals surface area (Å²) in [6.45, 7) is 31.0. The monoisotopic (exact) mass is 795 g/mol. The predicted molar refractivity (Wildman–Crippen MR) is 256 cm³/mol. The Morgan fingerprint density at radius 1 is 0.627 bits per heavy atom. The molecule has 0 radical (unpaired) electrons. The third-order valence-corrected chi connectivity index (χ3v) is 15.8. The molecule has 1 N–H and O–H groups in total. The number of dihydropyridines is 1. The Hall–Kier alpha value is -4.35. The summed E-state index contributed by atoms with van der Waals surface area (Å²) in [7, 11) is 0. The first kappa shape index (κ1) is 38.8. The lowest BCUT2D eigenvalue weighted by molar-refractivity contribution is 0.403. The minimum absolute atomic E-state index is 0.0202. The smallest absolute Gasteiger partial charge is 0.231 e. The van der Waals surface area contributed by atoms with Crippen LogP contribution in [0.3, 0.4) is 0 Å². The van der Waals surface area contributed by atoms with Crippen LogP contribution in [0.25, 0.3) is 10.8 Å². The van der Waals surface area contributed by atoms with E-state index in [2.05, 4.69) is 220 Å². The van der Waals surface area contributed by atoms with Gasteiger partial charge in [-0.15, -0.1) is 11.8 Å². The van der Waals surface area contributed by atoms with Crippen molar-refractivity contribution in [3.05, 3.63) is 148 Å². The molecule has 0 saturated carbocycles. The topological polar surface area (TPSA) is 18.5 Å². The summed E-state index contributed by atoms with van der Waals surface area (Å²) in [5, 5.41) is 6.91. The quantitative estimate of drug-likeness (QED) is 0.179. The average Bonchev–Trinajstić information content (AvgIpc) is 3.61. The molecule has 59 heavy (non-hydrogen) atoms. The van der Waals surface area contributed by atoms with Crippen LogP contribution in [0, 0.1) is 0 Å². The molecule has 3 nitrogen and oxygen atoms in total. The minimum atomic E-state index is -0.0283. The van der Waals surface area contributed by atoms with Gasteiger partial charge in [0.15, 0.2) is 0 Å². The van der Waals surface area contributed by atoms with Gasteiger partial charge in [0.2, 0.25) is 6.71 Å². The van der Waals surface area contributed by atoms with Gasteiger partial charge < -0.3 is 15.1 Å². The Kier molecular flexibility index (Phi) is 8.29. The summed E-state index contributed by atoms with van der Waals surface area (Å²) < 4.78 is 0. The fourth-order valence-electron chi connectivity index (χ4n) is 11.5. The number of hydrogen-bond acceptors (Lipinski definition) is 4. The van der Waals surface area contributed by atoms with E-state index in [-0.39, 0.29) is 51.1 Å². The van der Waals surface area contributed by atoms with Crippen LogP contribution in [0.2, 0.25) is 0 Å². The molecule has 3 unspecified atom stereocenters. The number of thioether (sulfide) groups is 1. The maximum Gasteiger partial charge on any atom is 0.231 e. The van der Waals surface area contributed by atoms with Gasteiger partial charge in [0, 0.05) is 39.0 Å². The first-order chi connectivity index (χ1) is 27.6. The van der Waals surface area contributed by atoms with Crippen molar-refractivity contribution in [1.29, 1.82) is 0 Å². The second-order valence-electron chi connectivity index (χ2n) is 22.7. The van der Waals surface area contributed by atoms with Crippen molar-refractivity contribution in [1.82, 2.24) is 5.32 Å². The van der Waals surface area contributed by atoms with Gasteiger partial charge in [0.25, 0.3) is 0 Å². The van der Waals surface area contributed by atoms with Crippen molar-refractivity contribution < 1.29 is 0 Å². The summed E-state index contributed by atoms with van der Waals surface area (Å²) in [6.07, 6.45) is 5.76. The Bertz CT molecular complexity index is 2630. The van der Waals surface area contributed by atoms with E-state index < -0.39 is 0 Å². The molecule has 5 aromatic rings. The van der Waals surface area contributed by atoms with Crippen molar-refractivity contribution in [3.63, 3.8) is 0 Å². The van der Waals surface area contributed by atoms with Crippen LogP contribution in [0.4, 0.5) is 17.1 Å². The zero-order valence-electron chi connectivity index (χ0n) is 37.6. The standard InChI is InChI=1S/C54H62BN3S/c1-50(2,3)34-16-19-37(20-17-34)58-43-23-18-36(52(7,8)9)29-42(43)55-46-44(24-25-56-49(46)58)57(38-21-22-40-41(30-38)54(12,13)31-53(40,10)11)47-39-27-33-26-35(51(4,5)6)15-14-32(33)28-45(39)59-48(47)55/h14-30,47-49,56H,31H2,1-13H3. The largest absolute Gasteiger partial charge is 0.368 e. The Labute approximate surface area is 358 Å². The zero-order valence-corrected chi connectivity index (χ0v) is 38.5. The van der Waals surface area contributed by atoms with E-state index in [9.17, 15) is 0 Å². The summed E-state index contributed by atoms with van der Waals surface area (Å²) in [5.74, 6) is 0. The van der Waals surface area contributed by atoms with Crippen LogP contribution < -0.4 is 20.6 Å². The van der Waals surface area contributed by atoms with E-state index in [1.807, 2.05) is 0 Å². The fraction of sp³-hybridized carbons (Fsp3) is 0.407. The number of benzene rings is 5. The molecule has 0 bridgehead atoms. The lowest BCUT2D eigenvalue weighted by Gasteiger charge is -2.53. The van der Waals surface area contributed by atoms with Crippen LogP contribution in [-0.2, 0) is 27.1 Å². The fourth-order valence-corrected chi connectivity index (χ4v) is 13.1. The second kappa shape index (κ2) is 12.6. The number of allylic oxidation sites excluding steroid dienone is 1. The number of anilines is 3. The summed E-state index contributed by atoms with van der Waals surface area (Å²) in [4.78, 5) is 6.80. The molecule has 5 heteroatoms. The molecule has 4 aliphatic heterocycles. The van der Waals surface area contributed by atoms with Crippen LogP contribution >= 0.6 is 11.8 Å². The highest BCUT2D eigenvalue weighted by molar-refractivity contribution is 8.02. The van der Waals surface area contributed by atoms with Gasteiger partial charge >= 0.3 is 0 Å². The van der Waals surface area contributed by atoms with Crippen molar-refractivity contribution in [3.8, 4) is 0 Å². The van der Waals surface area contributed by atoms with Crippen LogP contribution in [-0.4, -0.2) is 18.0 Å². The summed E-state index contributed by atoms with van der Waals surface area (Å²) in [5.41, 5.74) is 17.1. The van der Waals surface area contributed by atoms with E-state index >= 15 is 0 Å². The van der Waals surface area contributed by atoms with Gasteiger partial charge in [0.05, 0.1) is 6.04 Å². The molecule has 302 valence electrons. The highest BCUT2D eigenvalue weighted by atomic mass is 32.2. The first-order valence-electron chi connectivity index (χ1n) is 22.0. The van der Waals surface area contributed by atoms with Gasteiger partial charge in [-0.05, 0) is 137 Å². The number of rotatable bonds is 2. The van der Waals surface area contributed by atoms with Gasteiger partial charge in [-0.3, -0.25) is 0 Å². The second-order valence-corrected chi connectivity index (χ2v) is 23.9. The molecule has 0 spiro atoms. The molecule has 0 saturated heterocycles. The molecule has 3 atom stereocenters. The summed E-state index contributed by atoms with van der Waals surface area (Å²) in [6, 6.07) is 36.7. The Balaban J connectivity index is 1.25. The lowest BCUT2D eigenvalue weighted by Crippen LogP contribution is -2.65. The van der Waals surface area contributed by atoms with Gasteiger partial charge in [-0.1, -0.05) is 139 Å². The molecule has 0 aromatic heterocycles. The molecule has 0 fully saturated rings. The molecule has 1 aliphatic carbocycles. The number of nitrogens with zero attached hydrogens (tertiary/aromatic N) is 2. The number of fused-ring (bicyclic) bond motifs is 8. The zero-order chi connectivity index (χ0) is 41.8. The number of nitrogens with one attached hydrogen (secondary N) is 1. The summed E-state index contributed by atoms with van der Waals surface area (Å²) >= 11 is 2.12. The van der Waals surface area contributed by atoms with Gasteiger partial charge in [-0.2, -0.15) is 0 Å². The molecule has 5 aliphatic rings. The van der Waals surface area contributed by atoms with Crippen LogP contribution in [0.5, 0.6) is 0 Å². The average molecular weight is 796 g/mol. The Morgan fingerprint density at radius 3 is 1.95 bits per heavy atom. The molecule has 10 rings (SSSR count). The van der Waals surface area contributed by atoms with Crippen molar-refractivity contribution >= 4 is 51.8 Å². The van der Waals surface area contributed by atoms with E-state index in [1.54, 1.807) is 0 Å². The normalized spacial score (nSPS) is 22.5. The van der Waals surface area contributed by atoms with Crippen molar-refractivity contribution in [2.75, 3.05) is 9.80 Å². The highest BCUT2D eigenvalue weighted by Crippen LogP contribution is 2.59. The van der Waals surface area contributed by atoms with Crippen molar-refractivity contribution in [2.45, 2.75) is 146 Å². The third-order valence-electron chi connectivity index (χ3n) is 14.4. The molecular formula is C54H62BN3S. The Morgan fingerprint density at radius 2 is 1.25 bits per heavy atom. The van der Waals surface area contributed by atoms with E-state index in [0.29, 0.717) is 0 Å². The van der Waals surface area contributed by atoms with Gasteiger partial charge in [-0.25, -0.2) is 0 Å². The maximum absolute atomic E-state index is 3.97. The van der Waals surface area contributed by atoms with Crippen LogP contribution in [0.15, 0.2) is 119 Å². The first-order valence-corrected chi connectivity index (χ1v) is 22.9. The predicted octanol–water partition coefficient (Wildman–Crippen LogP) is 13.1. The molecule has 5 aromatic carbocycles. The molecular weight excluding hydrogens is 733 g/mol. The van der Waals surface area contributed by atoms with Crippen molar-refractivity contribution in [2.24, 2.45) is 0 Å². The highest BCUT2D eigenvalue weighted by Gasteiger charge is 2.57. The number of hydrogen-bond donors (Lipinski definition) is 1. The maximum atomic E-state index is 3.97. The third kappa shape index (κ3) is 5.99. The van der Waals surface area contributed by atoms with Gasteiger partial charge in [0.1, 0.15) is 6.17 Å². The van der Waals surface area contributed by atoms with E-state index in [0.717, 1.165) is 6.42 Å². The molecule has 0 amide bonds. The van der Waals surface area contributed by atoms with E-state index in [4.69, 9.17) is 0 Å². The lowest BCUT2D eigenvalue weighted by atomic mass is 9.32. The minimum Gasteiger partial charge on any atom is -0.368 e. The SMILES string of the molecule is CC(C)(C)c1ccc(N2c3ccc(C(C)(C)C)cc3B3C4=C(C=CNC42)N(c2ccc4c(c2)C(C)(C)CC4(C)C)C2c4cc5cc(C(C)(C)C)ccc5cc4SC32)cc1.